The van der Waals surface area contributed by atoms with Crippen LogP contribution in [0.3, 0.4) is 0 Å². The Balaban J connectivity index is 1.50. The Morgan fingerprint density at radius 1 is 1.50 bits per heavy atom. The molecule has 0 aromatic carbocycles. The van der Waals surface area contributed by atoms with Gasteiger partial charge in [0.05, 0.1) is 11.8 Å². The first-order valence-corrected chi connectivity index (χ1v) is 8.43. The van der Waals surface area contributed by atoms with Crippen molar-refractivity contribution in [3.05, 3.63) is 29.2 Å². The second kappa shape index (κ2) is 7.57. The highest BCUT2D eigenvalue weighted by molar-refractivity contribution is 5.95. The Labute approximate surface area is 140 Å². The molecule has 1 aliphatic heterocycles. The van der Waals surface area contributed by atoms with Crippen molar-refractivity contribution in [3.8, 4) is 0 Å². The van der Waals surface area contributed by atoms with E-state index < -0.39 is 0 Å². The van der Waals surface area contributed by atoms with Crippen molar-refractivity contribution < 1.29 is 14.1 Å². The highest BCUT2D eigenvalue weighted by Crippen LogP contribution is 2.26. The number of aromatic nitrogens is 4. The van der Waals surface area contributed by atoms with E-state index in [-0.39, 0.29) is 12.0 Å². The van der Waals surface area contributed by atoms with Crippen molar-refractivity contribution >= 4 is 5.91 Å². The third-order valence-corrected chi connectivity index (χ3v) is 4.11. The average Bonchev–Trinajstić information content (AvgIpc) is 3.29. The van der Waals surface area contributed by atoms with Gasteiger partial charge in [0.2, 0.25) is 0 Å². The third-order valence-electron chi connectivity index (χ3n) is 4.11. The summed E-state index contributed by atoms with van der Waals surface area (Å²) in [5, 5.41) is 11.1. The molecule has 0 unspecified atom stereocenters. The number of carbonyl (C=O) groups is 1. The zero-order chi connectivity index (χ0) is 16.9. The van der Waals surface area contributed by atoms with Gasteiger partial charge in [-0.1, -0.05) is 12.1 Å². The van der Waals surface area contributed by atoms with Crippen molar-refractivity contribution in [3.63, 3.8) is 0 Å². The van der Waals surface area contributed by atoms with E-state index in [1.54, 1.807) is 6.20 Å². The van der Waals surface area contributed by atoms with Crippen LogP contribution in [-0.4, -0.2) is 39.0 Å². The number of hydrogen-bond donors (Lipinski definition) is 1. The highest BCUT2D eigenvalue weighted by atomic mass is 16.5. The van der Waals surface area contributed by atoms with E-state index in [1.807, 2.05) is 11.6 Å². The third kappa shape index (κ3) is 3.64. The van der Waals surface area contributed by atoms with Gasteiger partial charge >= 0.3 is 0 Å². The van der Waals surface area contributed by atoms with Crippen LogP contribution in [0, 0.1) is 6.92 Å². The van der Waals surface area contributed by atoms with Gasteiger partial charge in [0.15, 0.2) is 5.82 Å². The van der Waals surface area contributed by atoms with Crippen LogP contribution in [0.2, 0.25) is 0 Å². The molecule has 0 saturated carbocycles. The lowest BCUT2D eigenvalue weighted by Crippen LogP contribution is -2.26. The molecular weight excluding hydrogens is 310 g/mol. The van der Waals surface area contributed by atoms with Gasteiger partial charge in [-0.15, -0.1) is 0 Å². The molecule has 3 heterocycles. The summed E-state index contributed by atoms with van der Waals surface area (Å²) in [6.07, 6.45) is 4.97. The number of amides is 1. The molecule has 1 fully saturated rings. The lowest BCUT2D eigenvalue weighted by molar-refractivity contribution is 0.0835. The van der Waals surface area contributed by atoms with Crippen molar-refractivity contribution in [2.75, 3.05) is 13.2 Å². The van der Waals surface area contributed by atoms with E-state index in [0.717, 1.165) is 38.1 Å². The summed E-state index contributed by atoms with van der Waals surface area (Å²) >= 11 is 0. The van der Waals surface area contributed by atoms with E-state index in [1.165, 1.54) is 0 Å². The standard InChI is InChI=1S/C16H23N5O3/c1-3-8-21-11(2)12(10-18-21)15(22)17-7-6-14-19-16(24-20-14)13-5-4-9-23-13/h10,13H,3-9H2,1-2H3,(H,17,22)/t13-/m0/s1. The van der Waals surface area contributed by atoms with Crippen molar-refractivity contribution in [1.29, 1.82) is 0 Å². The fourth-order valence-corrected chi connectivity index (χ4v) is 2.76. The van der Waals surface area contributed by atoms with Gasteiger partial charge in [-0.25, -0.2) is 0 Å². The normalized spacial score (nSPS) is 17.3. The van der Waals surface area contributed by atoms with Gasteiger partial charge in [-0.3, -0.25) is 9.48 Å². The van der Waals surface area contributed by atoms with E-state index in [0.29, 0.717) is 30.2 Å². The molecule has 0 spiro atoms. The molecule has 1 amide bonds. The minimum absolute atomic E-state index is 0.0760. The average molecular weight is 333 g/mol. The maximum absolute atomic E-state index is 12.2. The summed E-state index contributed by atoms with van der Waals surface area (Å²) in [5.74, 6) is 0.988. The van der Waals surface area contributed by atoms with Crippen LogP contribution in [-0.2, 0) is 17.7 Å². The minimum Gasteiger partial charge on any atom is -0.368 e. The first-order valence-electron chi connectivity index (χ1n) is 8.43. The number of nitrogens with zero attached hydrogens (tertiary/aromatic N) is 4. The fraction of sp³-hybridized carbons (Fsp3) is 0.625. The van der Waals surface area contributed by atoms with Crippen molar-refractivity contribution in [2.45, 2.75) is 52.2 Å². The Morgan fingerprint density at radius 3 is 3.12 bits per heavy atom. The van der Waals surface area contributed by atoms with Crippen molar-refractivity contribution in [1.82, 2.24) is 25.2 Å². The Bertz CT molecular complexity index is 688. The van der Waals surface area contributed by atoms with E-state index in [2.05, 4.69) is 27.5 Å². The van der Waals surface area contributed by atoms with Gasteiger partial charge in [0.25, 0.3) is 11.8 Å². The maximum Gasteiger partial charge on any atom is 0.255 e. The molecule has 130 valence electrons. The number of nitrogens with one attached hydrogen (secondary N) is 1. The number of hydrogen-bond acceptors (Lipinski definition) is 6. The number of ether oxygens (including phenoxy) is 1. The molecule has 2 aromatic rings. The molecule has 0 bridgehead atoms. The molecule has 3 rings (SSSR count). The molecule has 1 N–H and O–H groups in total. The molecule has 1 aliphatic rings. The lowest BCUT2D eigenvalue weighted by Gasteiger charge is -2.04. The zero-order valence-electron chi connectivity index (χ0n) is 14.1. The van der Waals surface area contributed by atoms with Gasteiger partial charge in [-0.05, 0) is 26.2 Å². The first-order chi connectivity index (χ1) is 11.7. The van der Waals surface area contributed by atoms with Crippen LogP contribution in [0.5, 0.6) is 0 Å². The lowest BCUT2D eigenvalue weighted by atomic mass is 10.2. The topological polar surface area (TPSA) is 95.1 Å². The van der Waals surface area contributed by atoms with Crippen LogP contribution < -0.4 is 5.32 Å². The van der Waals surface area contributed by atoms with E-state index >= 15 is 0 Å². The summed E-state index contributed by atoms with van der Waals surface area (Å²) < 4.78 is 12.6. The zero-order valence-corrected chi connectivity index (χ0v) is 14.1. The Hall–Kier alpha value is -2.22. The summed E-state index contributed by atoms with van der Waals surface area (Å²) in [5.41, 5.74) is 1.49. The highest BCUT2D eigenvalue weighted by Gasteiger charge is 2.23. The quantitative estimate of drug-likeness (QED) is 0.830. The summed E-state index contributed by atoms with van der Waals surface area (Å²) in [6.45, 7) is 5.99. The smallest absolute Gasteiger partial charge is 0.255 e. The SMILES string of the molecule is CCCn1ncc(C(=O)NCCc2noc([C@@H]3CCCO3)n2)c1C. The minimum atomic E-state index is -0.127. The van der Waals surface area contributed by atoms with Crippen LogP contribution in [0.25, 0.3) is 0 Å². The van der Waals surface area contributed by atoms with E-state index in [9.17, 15) is 4.79 Å². The van der Waals surface area contributed by atoms with Crippen LogP contribution in [0.1, 0.15) is 60.1 Å². The van der Waals surface area contributed by atoms with Crippen molar-refractivity contribution in [2.24, 2.45) is 0 Å². The van der Waals surface area contributed by atoms with E-state index in [4.69, 9.17) is 9.26 Å². The van der Waals surface area contributed by atoms with Crippen LogP contribution >= 0.6 is 0 Å². The largest absolute Gasteiger partial charge is 0.368 e. The predicted molar refractivity (Wildman–Crippen MR) is 85.5 cm³/mol. The van der Waals surface area contributed by atoms with Gasteiger partial charge < -0.3 is 14.6 Å². The number of carbonyl (C=O) groups excluding carboxylic acids is 1. The second-order valence-corrected chi connectivity index (χ2v) is 5.92. The molecule has 1 saturated heterocycles. The molecule has 1 atom stereocenters. The summed E-state index contributed by atoms with van der Waals surface area (Å²) in [6, 6.07) is 0. The first kappa shape index (κ1) is 16.6. The summed E-state index contributed by atoms with van der Waals surface area (Å²) in [4.78, 5) is 16.6. The van der Waals surface area contributed by atoms with Gasteiger partial charge in [0, 0.05) is 31.8 Å². The fourth-order valence-electron chi connectivity index (χ4n) is 2.76. The summed E-state index contributed by atoms with van der Waals surface area (Å²) in [7, 11) is 0. The molecule has 8 heteroatoms. The Morgan fingerprint density at radius 2 is 2.38 bits per heavy atom. The number of rotatable bonds is 7. The molecule has 2 aromatic heterocycles. The van der Waals surface area contributed by atoms with Crippen LogP contribution in [0.4, 0.5) is 0 Å². The predicted octanol–water partition coefficient (Wildman–Crippen LogP) is 1.81. The second-order valence-electron chi connectivity index (χ2n) is 5.92. The molecule has 0 aliphatic carbocycles. The van der Waals surface area contributed by atoms with Crippen LogP contribution in [0.15, 0.2) is 10.7 Å². The molecule has 8 nitrogen and oxygen atoms in total. The molecule has 24 heavy (non-hydrogen) atoms. The molecule has 0 radical (unpaired) electrons. The van der Waals surface area contributed by atoms with Gasteiger partial charge in [-0.2, -0.15) is 10.1 Å². The molecular formula is C16H23N5O3. The monoisotopic (exact) mass is 333 g/mol. The Kier molecular flexibility index (Phi) is 5.24. The van der Waals surface area contributed by atoms with Gasteiger partial charge in [0.1, 0.15) is 6.10 Å². The number of aryl methyl sites for hydroxylation is 1. The maximum atomic E-state index is 12.2.